The average Bonchev–Trinajstić information content (AvgIpc) is 3.34. The molecule has 0 radical (unpaired) electrons. The van der Waals surface area contributed by atoms with Crippen LogP contribution in [0.2, 0.25) is 0 Å². The summed E-state index contributed by atoms with van der Waals surface area (Å²) in [6, 6.07) is 15.1. The number of fused-ring (bicyclic) bond motifs is 1. The van der Waals surface area contributed by atoms with Crippen LogP contribution < -0.4 is 5.32 Å². The molecule has 1 amide bonds. The minimum absolute atomic E-state index is 0.0271. The lowest BCUT2D eigenvalue weighted by Gasteiger charge is -2.13. The maximum atomic E-state index is 13.6. The Morgan fingerprint density at radius 2 is 1.83 bits per heavy atom. The van der Waals surface area contributed by atoms with Crippen LogP contribution in [0.4, 0.5) is 5.69 Å². The van der Waals surface area contributed by atoms with Crippen molar-refractivity contribution >= 4 is 48.4 Å². The Hall–Kier alpha value is -3.04. The molecule has 1 saturated heterocycles. The van der Waals surface area contributed by atoms with Gasteiger partial charge in [-0.2, -0.15) is 5.10 Å². The number of benzene rings is 2. The largest absolute Gasteiger partial charge is 0.322 e. The summed E-state index contributed by atoms with van der Waals surface area (Å²) in [5.74, 6) is -0.108. The summed E-state index contributed by atoms with van der Waals surface area (Å²) in [5, 5.41) is 8.34. The number of hydrogen-bond donors (Lipinski definition) is 1. The van der Waals surface area contributed by atoms with Crippen LogP contribution >= 0.6 is 15.9 Å². The zero-order valence-electron chi connectivity index (χ0n) is 19.7. The van der Waals surface area contributed by atoms with Gasteiger partial charge in [0.2, 0.25) is 0 Å². The van der Waals surface area contributed by atoms with E-state index < -0.39 is 9.84 Å². The highest BCUT2D eigenvalue weighted by Crippen LogP contribution is 2.33. The summed E-state index contributed by atoms with van der Waals surface area (Å²) in [5.41, 5.74) is 5.90. The van der Waals surface area contributed by atoms with Crippen molar-refractivity contribution in [2.75, 3.05) is 16.8 Å². The van der Waals surface area contributed by atoms with Crippen LogP contribution in [0.25, 0.3) is 22.3 Å². The normalized spacial score (nSPS) is 17.1. The van der Waals surface area contributed by atoms with Crippen molar-refractivity contribution in [3.05, 3.63) is 75.4 Å². The second kappa shape index (κ2) is 8.87. The van der Waals surface area contributed by atoms with Gasteiger partial charge in [-0.25, -0.2) is 18.1 Å². The second-order valence-corrected chi connectivity index (χ2v) is 12.3. The average molecular weight is 553 g/mol. The lowest BCUT2D eigenvalue weighted by molar-refractivity contribution is 0.102. The van der Waals surface area contributed by atoms with Crippen LogP contribution in [0.5, 0.6) is 0 Å². The van der Waals surface area contributed by atoms with Gasteiger partial charge in [0.1, 0.15) is 0 Å². The number of hydrogen-bond acceptors (Lipinski definition) is 5. The summed E-state index contributed by atoms with van der Waals surface area (Å²) in [6.45, 7) is 5.78. The molecule has 0 spiro atoms. The summed E-state index contributed by atoms with van der Waals surface area (Å²) in [4.78, 5) is 18.5. The molecular weight excluding hydrogens is 528 g/mol. The highest BCUT2D eigenvalue weighted by molar-refractivity contribution is 9.10. The number of nitrogens with one attached hydrogen (secondary N) is 1. The van der Waals surface area contributed by atoms with Crippen molar-refractivity contribution in [3.63, 3.8) is 0 Å². The smallest absolute Gasteiger partial charge is 0.256 e. The van der Waals surface area contributed by atoms with Gasteiger partial charge in [-0.1, -0.05) is 45.8 Å². The Kier molecular flexibility index (Phi) is 6.01. The molecule has 2 aromatic carbocycles. The van der Waals surface area contributed by atoms with E-state index in [1.165, 1.54) is 0 Å². The van der Waals surface area contributed by atoms with Crippen molar-refractivity contribution in [2.45, 2.75) is 33.2 Å². The summed E-state index contributed by atoms with van der Waals surface area (Å²) in [7, 11) is -3.12. The van der Waals surface area contributed by atoms with E-state index >= 15 is 0 Å². The van der Waals surface area contributed by atoms with Crippen molar-refractivity contribution in [1.82, 2.24) is 14.8 Å². The highest BCUT2D eigenvalue weighted by atomic mass is 79.9. The van der Waals surface area contributed by atoms with Crippen molar-refractivity contribution in [1.29, 1.82) is 0 Å². The maximum absolute atomic E-state index is 13.6. The molecular formula is C26H25BrN4O3S. The first kappa shape index (κ1) is 23.7. The molecule has 1 aliphatic rings. The minimum atomic E-state index is -3.12. The molecule has 1 atom stereocenters. The molecule has 1 N–H and O–H groups in total. The van der Waals surface area contributed by atoms with E-state index in [0.29, 0.717) is 40.1 Å². The van der Waals surface area contributed by atoms with Gasteiger partial charge >= 0.3 is 0 Å². The Labute approximate surface area is 212 Å². The molecule has 0 saturated carbocycles. The standard InChI is InChI=1S/C26H25BrN4O3S/c1-15-4-6-18(7-5-15)23-13-21(26(32)29-22-9-8-19(27)12-16(22)2)24-17(3)30-31(25(24)28-23)20-10-11-35(33,34)14-20/h4-9,12-13,20H,10-11,14H2,1-3H3,(H,29,32). The SMILES string of the molecule is Cc1ccc(-c2cc(C(=O)Nc3ccc(Br)cc3C)c3c(C)nn(C4CCS(=O)(=O)C4)c3n2)cc1. The maximum Gasteiger partial charge on any atom is 0.256 e. The zero-order chi connectivity index (χ0) is 24.9. The molecule has 7 nitrogen and oxygen atoms in total. The van der Waals surface area contributed by atoms with Crippen molar-refractivity contribution in [2.24, 2.45) is 0 Å². The van der Waals surface area contributed by atoms with Gasteiger partial charge < -0.3 is 5.32 Å². The number of nitrogens with zero attached hydrogens (tertiary/aromatic N) is 3. The molecule has 9 heteroatoms. The molecule has 1 unspecified atom stereocenters. The van der Waals surface area contributed by atoms with Gasteiger partial charge in [0.05, 0.1) is 39.9 Å². The topological polar surface area (TPSA) is 94.0 Å². The number of carbonyl (C=O) groups excluding carboxylic acids is 1. The lowest BCUT2D eigenvalue weighted by atomic mass is 10.0. The summed E-state index contributed by atoms with van der Waals surface area (Å²) in [6.07, 6.45) is 0.481. The van der Waals surface area contributed by atoms with Gasteiger partial charge in [-0.15, -0.1) is 0 Å². The quantitative estimate of drug-likeness (QED) is 0.366. The van der Waals surface area contributed by atoms with Crippen molar-refractivity contribution in [3.8, 4) is 11.3 Å². The van der Waals surface area contributed by atoms with E-state index in [-0.39, 0.29) is 23.5 Å². The number of rotatable bonds is 4. The fourth-order valence-electron chi connectivity index (χ4n) is 4.54. The molecule has 1 aliphatic heterocycles. The number of carbonyl (C=O) groups is 1. The molecule has 2 aromatic heterocycles. The molecule has 4 aromatic rings. The van der Waals surface area contributed by atoms with Crippen LogP contribution in [0.1, 0.15) is 39.6 Å². The fraction of sp³-hybridized carbons (Fsp3) is 0.269. The minimum Gasteiger partial charge on any atom is -0.322 e. The second-order valence-electron chi connectivity index (χ2n) is 9.12. The first-order chi connectivity index (χ1) is 16.6. The number of anilines is 1. The summed E-state index contributed by atoms with van der Waals surface area (Å²) >= 11 is 3.46. The number of amides is 1. The third-order valence-electron chi connectivity index (χ3n) is 6.42. The Balaban J connectivity index is 1.68. The predicted octanol–water partition coefficient (Wildman–Crippen LogP) is 5.40. The molecule has 3 heterocycles. The Bertz CT molecular complexity index is 1580. The number of pyridine rings is 1. The number of sulfone groups is 1. The van der Waals surface area contributed by atoms with E-state index in [4.69, 9.17) is 4.98 Å². The van der Waals surface area contributed by atoms with E-state index in [9.17, 15) is 13.2 Å². The first-order valence-corrected chi connectivity index (χ1v) is 14.0. The summed E-state index contributed by atoms with van der Waals surface area (Å²) < 4.78 is 27.0. The van der Waals surface area contributed by atoms with Crippen LogP contribution in [0.15, 0.2) is 53.0 Å². The third kappa shape index (κ3) is 4.62. The van der Waals surface area contributed by atoms with Crippen LogP contribution in [-0.4, -0.2) is 40.6 Å². The van der Waals surface area contributed by atoms with E-state index in [0.717, 1.165) is 21.2 Å². The highest BCUT2D eigenvalue weighted by Gasteiger charge is 2.32. The Morgan fingerprint density at radius 3 is 2.49 bits per heavy atom. The third-order valence-corrected chi connectivity index (χ3v) is 8.66. The molecule has 35 heavy (non-hydrogen) atoms. The lowest BCUT2D eigenvalue weighted by Crippen LogP contribution is -2.15. The zero-order valence-corrected chi connectivity index (χ0v) is 22.1. The van der Waals surface area contributed by atoms with E-state index in [1.54, 1.807) is 10.7 Å². The predicted molar refractivity (Wildman–Crippen MR) is 142 cm³/mol. The molecule has 0 bridgehead atoms. The van der Waals surface area contributed by atoms with Gasteiger partial charge in [0, 0.05) is 15.7 Å². The Morgan fingerprint density at radius 1 is 1.09 bits per heavy atom. The number of aromatic nitrogens is 3. The monoisotopic (exact) mass is 552 g/mol. The number of halogens is 1. The molecule has 1 fully saturated rings. The fourth-order valence-corrected chi connectivity index (χ4v) is 6.71. The van der Waals surface area contributed by atoms with Gasteiger partial charge in [0.15, 0.2) is 15.5 Å². The first-order valence-electron chi connectivity index (χ1n) is 11.4. The van der Waals surface area contributed by atoms with Crippen LogP contribution in [-0.2, 0) is 9.84 Å². The molecule has 5 rings (SSSR count). The van der Waals surface area contributed by atoms with Crippen LogP contribution in [0.3, 0.4) is 0 Å². The van der Waals surface area contributed by atoms with Gasteiger partial charge in [-0.05, 0) is 57.0 Å². The van der Waals surface area contributed by atoms with Crippen molar-refractivity contribution < 1.29 is 13.2 Å². The number of aryl methyl sites for hydroxylation is 3. The van der Waals surface area contributed by atoms with Gasteiger partial charge in [-0.3, -0.25) is 4.79 Å². The van der Waals surface area contributed by atoms with Crippen LogP contribution in [0, 0.1) is 20.8 Å². The van der Waals surface area contributed by atoms with Gasteiger partial charge in [0.25, 0.3) is 5.91 Å². The van der Waals surface area contributed by atoms with E-state index in [1.807, 2.05) is 63.2 Å². The molecule has 180 valence electrons. The van der Waals surface area contributed by atoms with E-state index in [2.05, 4.69) is 26.3 Å². The molecule has 0 aliphatic carbocycles.